The van der Waals surface area contributed by atoms with Crippen LogP contribution in [-0.4, -0.2) is 11.2 Å². The molecule has 0 amide bonds. The lowest BCUT2D eigenvalue weighted by Crippen LogP contribution is -2.10. The Bertz CT molecular complexity index is 499. The van der Waals surface area contributed by atoms with Crippen LogP contribution in [0.2, 0.25) is 0 Å². The highest BCUT2D eigenvalue weighted by Crippen LogP contribution is 2.28. The number of aryl methyl sites for hydroxylation is 1. The van der Waals surface area contributed by atoms with Crippen molar-refractivity contribution in [2.24, 2.45) is 0 Å². The Kier molecular flexibility index (Phi) is 3.01. The molecule has 2 heteroatoms. The van der Waals surface area contributed by atoms with Crippen LogP contribution < -0.4 is 0 Å². The van der Waals surface area contributed by atoms with Gasteiger partial charge < -0.3 is 9.30 Å². The van der Waals surface area contributed by atoms with E-state index in [4.69, 9.17) is 4.74 Å². The molecule has 1 heterocycles. The summed E-state index contributed by atoms with van der Waals surface area (Å²) in [7, 11) is 0. The Morgan fingerprint density at radius 3 is 2.62 bits per heavy atom. The van der Waals surface area contributed by atoms with Crippen LogP contribution in [-0.2, 0) is 4.74 Å². The molecule has 2 rings (SSSR count). The van der Waals surface area contributed by atoms with E-state index in [9.17, 15) is 0 Å². The second kappa shape index (κ2) is 4.30. The average Bonchev–Trinajstić information content (AvgIpc) is 2.53. The van der Waals surface area contributed by atoms with Crippen LogP contribution >= 0.6 is 0 Å². The Balaban J connectivity index is 2.64. The number of hydrogen-bond donors (Lipinski definition) is 0. The lowest BCUT2D eigenvalue weighted by Gasteiger charge is -2.17. The van der Waals surface area contributed by atoms with E-state index in [2.05, 4.69) is 49.6 Å². The van der Waals surface area contributed by atoms with E-state index in [1.165, 1.54) is 22.2 Å². The van der Waals surface area contributed by atoms with Crippen molar-refractivity contribution in [3.63, 3.8) is 0 Å². The van der Waals surface area contributed by atoms with Crippen molar-refractivity contribution in [2.45, 2.75) is 33.9 Å². The molecule has 0 bridgehead atoms. The predicted octanol–water partition coefficient (Wildman–Crippen LogP) is 3.81. The van der Waals surface area contributed by atoms with Gasteiger partial charge in [-0.15, -0.1) is 0 Å². The highest BCUT2D eigenvalue weighted by Gasteiger charge is 2.14. The van der Waals surface area contributed by atoms with E-state index in [0.717, 1.165) is 6.61 Å². The summed E-state index contributed by atoms with van der Waals surface area (Å²) in [5.41, 5.74) is 3.91. The molecule has 1 unspecified atom stereocenters. The Hall–Kier alpha value is -1.28. The molecule has 2 aromatic rings. The lowest BCUT2D eigenvalue weighted by atomic mass is 10.2. The maximum atomic E-state index is 5.69. The van der Waals surface area contributed by atoms with Crippen LogP contribution in [0.1, 0.15) is 31.3 Å². The quantitative estimate of drug-likeness (QED) is 0.762. The van der Waals surface area contributed by atoms with Crippen molar-refractivity contribution < 1.29 is 4.74 Å². The summed E-state index contributed by atoms with van der Waals surface area (Å²) < 4.78 is 7.97. The number of para-hydroxylation sites is 1. The minimum atomic E-state index is 0.101. The summed E-state index contributed by atoms with van der Waals surface area (Å²) in [6.45, 7) is 9.20. The number of ether oxygens (including phenoxy) is 1. The van der Waals surface area contributed by atoms with Crippen LogP contribution in [0.25, 0.3) is 10.9 Å². The molecule has 2 nitrogen and oxygen atoms in total. The highest BCUT2D eigenvalue weighted by atomic mass is 16.5. The molecular weight excluding hydrogens is 198 g/mol. The smallest absolute Gasteiger partial charge is 0.131 e. The van der Waals surface area contributed by atoms with Gasteiger partial charge in [0.2, 0.25) is 0 Å². The van der Waals surface area contributed by atoms with Crippen LogP contribution in [0, 0.1) is 13.8 Å². The summed E-state index contributed by atoms with van der Waals surface area (Å²) in [6, 6.07) is 8.50. The number of aromatic nitrogens is 1. The van der Waals surface area contributed by atoms with Gasteiger partial charge in [0.25, 0.3) is 0 Å². The zero-order valence-electron chi connectivity index (χ0n) is 10.4. The van der Waals surface area contributed by atoms with E-state index >= 15 is 0 Å². The third-order valence-corrected chi connectivity index (χ3v) is 3.24. The summed E-state index contributed by atoms with van der Waals surface area (Å²) in [4.78, 5) is 0. The van der Waals surface area contributed by atoms with Gasteiger partial charge in [0.1, 0.15) is 6.23 Å². The molecule has 0 aliphatic heterocycles. The number of nitrogens with zero attached hydrogens (tertiary/aromatic N) is 1. The van der Waals surface area contributed by atoms with Gasteiger partial charge in [-0.25, -0.2) is 0 Å². The highest BCUT2D eigenvalue weighted by molar-refractivity contribution is 5.85. The second-order valence-electron chi connectivity index (χ2n) is 4.15. The third-order valence-electron chi connectivity index (χ3n) is 3.24. The van der Waals surface area contributed by atoms with Gasteiger partial charge in [-0.2, -0.15) is 0 Å². The van der Waals surface area contributed by atoms with E-state index in [-0.39, 0.29) is 6.23 Å². The van der Waals surface area contributed by atoms with Crippen molar-refractivity contribution >= 4 is 10.9 Å². The summed E-state index contributed by atoms with van der Waals surface area (Å²) >= 11 is 0. The van der Waals surface area contributed by atoms with E-state index in [1.54, 1.807) is 0 Å². The minimum Gasteiger partial charge on any atom is -0.359 e. The molecule has 0 spiro atoms. The number of benzene rings is 1. The topological polar surface area (TPSA) is 14.2 Å². The van der Waals surface area contributed by atoms with Crippen molar-refractivity contribution in [3.8, 4) is 0 Å². The van der Waals surface area contributed by atoms with Crippen molar-refractivity contribution in [1.29, 1.82) is 0 Å². The standard InChI is InChI=1S/C14H19NO/c1-5-16-12(4)15-11(3)10(2)13-8-6-7-9-14(13)15/h6-9,12H,5H2,1-4H3. The molecule has 0 fully saturated rings. The van der Waals surface area contributed by atoms with Gasteiger partial charge in [-0.1, -0.05) is 18.2 Å². The molecule has 86 valence electrons. The molecule has 0 radical (unpaired) electrons. The van der Waals surface area contributed by atoms with Crippen LogP contribution in [0.5, 0.6) is 0 Å². The van der Waals surface area contributed by atoms with Crippen LogP contribution in [0.15, 0.2) is 24.3 Å². The van der Waals surface area contributed by atoms with Gasteiger partial charge in [-0.3, -0.25) is 0 Å². The van der Waals surface area contributed by atoms with Crippen molar-refractivity contribution in [2.75, 3.05) is 6.61 Å². The summed E-state index contributed by atoms with van der Waals surface area (Å²) in [6.07, 6.45) is 0.101. The zero-order valence-corrected chi connectivity index (χ0v) is 10.4. The predicted molar refractivity (Wildman–Crippen MR) is 67.7 cm³/mol. The van der Waals surface area contributed by atoms with E-state index in [0.29, 0.717) is 0 Å². The molecule has 16 heavy (non-hydrogen) atoms. The first kappa shape index (κ1) is 11.2. The molecular formula is C14H19NO. The number of hydrogen-bond acceptors (Lipinski definition) is 1. The van der Waals surface area contributed by atoms with Gasteiger partial charge in [-0.05, 0) is 39.3 Å². The zero-order chi connectivity index (χ0) is 11.7. The molecule has 0 aliphatic rings. The van der Waals surface area contributed by atoms with Gasteiger partial charge in [0.05, 0.1) is 5.52 Å². The maximum absolute atomic E-state index is 5.69. The lowest BCUT2D eigenvalue weighted by molar-refractivity contribution is 0.0267. The van der Waals surface area contributed by atoms with E-state index in [1.807, 2.05) is 6.92 Å². The molecule has 1 atom stereocenters. The summed E-state index contributed by atoms with van der Waals surface area (Å²) in [5, 5.41) is 1.33. The van der Waals surface area contributed by atoms with Gasteiger partial charge in [0.15, 0.2) is 0 Å². The molecule has 0 saturated heterocycles. The minimum absolute atomic E-state index is 0.101. The summed E-state index contributed by atoms with van der Waals surface area (Å²) in [5.74, 6) is 0. The van der Waals surface area contributed by atoms with Crippen molar-refractivity contribution in [3.05, 3.63) is 35.5 Å². The molecule has 1 aromatic heterocycles. The second-order valence-corrected chi connectivity index (χ2v) is 4.15. The first-order valence-electron chi connectivity index (χ1n) is 5.84. The first-order chi connectivity index (χ1) is 7.66. The normalized spacial score (nSPS) is 13.2. The van der Waals surface area contributed by atoms with Gasteiger partial charge >= 0.3 is 0 Å². The average molecular weight is 217 g/mol. The third kappa shape index (κ3) is 1.63. The van der Waals surface area contributed by atoms with Crippen LogP contribution in [0.3, 0.4) is 0 Å². The number of rotatable bonds is 3. The van der Waals surface area contributed by atoms with Gasteiger partial charge in [0, 0.05) is 17.7 Å². The first-order valence-corrected chi connectivity index (χ1v) is 5.84. The molecule has 1 aromatic carbocycles. The van der Waals surface area contributed by atoms with Crippen LogP contribution in [0.4, 0.5) is 0 Å². The Morgan fingerprint density at radius 1 is 1.25 bits per heavy atom. The number of fused-ring (bicyclic) bond motifs is 1. The molecule has 0 N–H and O–H groups in total. The SMILES string of the molecule is CCOC(C)n1c(C)c(C)c2ccccc21. The Labute approximate surface area is 96.8 Å². The van der Waals surface area contributed by atoms with E-state index < -0.39 is 0 Å². The largest absolute Gasteiger partial charge is 0.359 e. The fourth-order valence-electron chi connectivity index (χ4n) is 2.34. The Morgan fingerprint density at radius 2 is 1.94 bits per heavy atom. The fraction of sp³-hybridized carbons (Fsp3) is 0.429. The molecule has 0 saturated carbocycles. The molecule has 0 aliphatic carbocycles. The fourth-order valence-corrected chi connectivity index (χ4v) is 2.34. The van der Waals surface area contributed by atoms with Crippen molar-refractivity contribution in [1.82, 2.24) is 4.57 Å². The monoisotopic (exact) mass is 217 g/mol. The maximum Gasteiger partial charge on any atom is 0.131 e.